The summed E-state index contributed by atoms with van der Waals surface area (Å²) in [6.45, 7) is 3.71. The van der Waals surface area contributed by atoms with Gasteiger partial charge in [-0.25, -0.2) is 4.79 Å². The van der Waals surface area contributed by atoms with Crippen LogP contribution in [0.1, 0.15) is 13.8 Å². The molecule has 2 aromatic heterocycles. The SMILES string of the molecule is CC(C)[C@H](Sc1nnc(-c2c[nH]c3ccccc23)o1)C(=O)NC(N)=O. The average Bonchev–Trinajstić information content (AvgIpc) is 3.17. The molecule has 9 heteroatoms. The number of fused-ring (bicyclic) bond motifs is 1. The summed E-state index contributed by atoms with van der Waals surface area (Å²) < 4.78 is 5.70. The molecule has 3 amide bonds. The Balaban J connectivity index is 1.83. The maximum Gasteiger partial charge on any atom is 0.318 e. The van der Waals surface area contributed by atoms with E-state index in [1.165, 1.54) is 0 Å². The lowest BCUT2D eigenvalue weighted by atomic mass is 10.1. The van der Waals surface area contributed by atoms with E-state index in [1.807, 2.05) is 38.1 Å². The molecule has 0 spiro atoms. The first kappa shape index (κ1) is 17.0. The molecule has 8 nitrogen and oxygen atoms in total. The molecule has 0 aliphatic rings. The van der Waals surface area contributed by atoms with Crippen LogP contribution in [0.2, 0.25) is 0 Å². The summed E-state index contributed by atoms with van der Waals surface area (Å²) in [5, 5.41) is 10.8. The van der Waals surface area contributed by atoms with E-state index < -0.39 is 17.2 Å². The number of rotatable bonds is 5. The van der Waals surface area contributed by atoms with Gasteiger partial charge in [0.15, 0.2) is 0 Å². The molecule has 0 saturated carbocycles. The minimum atomic E-state index is -0.888. The number of carbonyl (C=O) groups excluding carboxylic acids is 2. The number of H-pyrrole nitrogens is 1. The Labute approximate surface area is 147 Å². The molecule has 25 heavy (non-hydrogen) atoms. The predicted octanol–water partition coefficient (Wildman–Crippen LogP) is 2.53. The second kappa shape index (κ2) is 6.98. The summed E-state index contributed by atoms with van der Waals surface area (Å²) >= 11 is 1.10. The Kier molecular flexibility index (Phi) is 4.75. The van der Waals surface area contributed by atoms with E-state index >= 15 is 0 Å². The highest BCUT2D eigenvalue weighted by Gasteiger charge is 2.27. The Morgan fingerprint density at radius 3 is 2.76 bits per heavy atom. The zero-order valence-corrected chi connectivity index (χ0v) is 14.5. The van der Waals surface area contributed by atoms with Gasteiger partial charge >= 0.3 is 6.03 Å². The van der Waals surface area contributed by atoms with Gasteiger partial charge in [0.2, 0.25) is 5.91 Å². The number of benzene rings is 1. The molecule has 1 atom stereocenters. The average molecular weight is 359 g/mol. The minimum absolute atomic E-state index is 0.0622. The fraction of sp³-hybridized carbons (Fsp3) is 0.250. The van der Waals surface area contributed by atoms with Crippen LogP contribution < -0.4 is 11.1 Å². The van der Waals surface area contributed by atoms with Gasteiger partial charge in [-0.05, 0) is 12.0 Å². The Morgan fingerprint density at radius 2 is 2.04 bits per heavy atom. The summed E-state index contributed by atoms with van der Waals surface area (Å²) in [4.78, 5) is 26.1. The molecule has 4 N–H and O–H groups in total. The van der Waals surface area contributed by atoms with E-state index in [9.17, 15) is 9.59 Å². The number of aromatic amines is 1. The largest absolute Gasteiger partial charge is 0.411 e. The third-order valence-electron chi connectivity index (χ3n) is 3.56. The minimum Gasteiger partial charge on any atom is -0.411 e. The second-order valence-corrected chi connectivity index (χ2v) is 6.85. The van der Waals surface area contributed by atoms with Gasteiger partial charge in [0, 0.05) is 17.1 Å². The standard InChI is InChI=1S/C16H17N5O3S/c1-8(2)12(13(22)19-15(17)23)25-16-21-20-14(24-16)10-7-18-11-6-4-3-5-9(10)11/h3-8,12,18H,1-2H3,(H3,17,19,22,23)/t12-/m0/s1. The molecule has 3 aromatic rings. The molecule has 3 rings (SSSR count). The highest BCUT2D eigenvalue weighted by Crippen LogP contribution is 2.32. The fourth-order valence-corrected chi connectivity index (χ4v) is 3.28. The third-order valence-corrected chi connectivity index (χ3v) is 4.94. The fourth-order valence-electron chi connectivity index (χ4n) is 2.41. The van der Waals surface area contributed by atoms with Crippen LogP contribution in [0.5, 0.6) is 0 Å². The molecular formula is C16H17N5O3S. The predicted molar refractivity (Wildman–Crippen MR) is 93.8 cm³/mol. The molecule has 0 aliphatic heterocycles. The first-order valence-electron chi connectivity index (χ1n) is 7.62. The van der Waals surface area contributed by atoms with Crippen LogP contribution in [0, 0.1) is 5.92 Å². The van der Waals surface area contributed by atoms with Crippen LogP contribution in [-0.2, 0) is 4.79 Å². The summed E-state index contributed by atoms with van der Waals surface area (Å²) in [5.74, 6) is -0.190. The van der Waals surface area contributed by atoms with Gasteiger partial charge in [-0.2, -0.15) is 0 Å². The number of aromatic nitrogens is 3. The molecule has 130 valence electrons. The molecule has 0 saturated heterocycles. The third kappa shape index (κ3) is 3.66. The number of carbonyl (C=O) groups is 2. The van der Waals surface area contributed by atoms with Crippen LogP contribution in [-0.4, -0.2) is 32.4 Å². The number of imide groups is 1. The number of nitrogens with zero attached hydrogens (tertiary/aromatic N) is 2. The summed E-state index contributed by atoms with van der Waals surface area (Å²) in [5.41, 5.74) is 6.76. The number of urea groups is 1. The van der Waals surface area contributed by atoms with Crippen molar-refractivity contribution in [3.05, 3.63) is 30.5 Å². The van der Waals surface area contributed by atoms with Crippen molar-refractivity contribution >= 4 is 34.6 Å². The zero-order valence-electron chi connectivity index (χ0n) is 13.6. The van der Waals surface area contributed by atoms with Gasteiger partial charge in [-0.15, -0.1) is 10.2 Å². The van der Waals surface area contributed by atoms with Crippen LogP contribution in [0.15, 0.2) is 40.1 Å². The lowest BCUT2D eigenvalue weighted by Gasteiger charge is -2.16. The second-order valence-electron chi connectivity index (χ2n) is 5.76. The number of nitrogens with one attached hydrogen (secondary N) is 2. The van der Waals surface area contributed by atoms with E-state index in [-0.39, 0.29) is 11.1 Å². The molecule has 0 radical (unpaired) electrons. The van der Waals surface area contributed by atoms with Gasteiger partial charge in [0.1, 0.15) is 0 Å². The quantitative estimate of drug-likeness (QED) is 0.601. The van der Waals surface area contributed by atoms with Crippen LogP contribution in [0.4, 0.5) is 4.79 Å². The summed E-state index contributed by atoms with van der Waals surface area (Å²) in [6.07, 6.45) is 1.80. The van der Waals surface area contributed by atoms with E-state index in [2.05, 4.69) is 20.5 Å². The monoisotopic (exact) mass is 359 g/mol. The van der Waals surface area contributed by atoms with Crippen molar-refractivity contribution in [2.75, 3.05) is 0 Å². The van der Waals surface area contributed by atoms with E-state index in [4.69, 9.17) is 10.2 Å². The number of hydrogen-bond donors (Lipinski definition) is 3. The Bertz CT molecular complexity index is 917. The summed E-state index contributed by atoms with van der Waals surface area (Å²) in [6, 6.07) is 6.88. The van der Waals surface area contributed by atoms with E-state index in [1.54, 1.807) is 6.20 Å². The molecule has 0 unspecified atom stereocenters. The summed E-state index contributed by atoms with van der Waals surface area (Å²) in [7, 11) is 0. The number of thioether (sulfide) groups is 1. The van der Waals surface area contributed by atoms with Crippen LogP contribution in [0.25, 0.3) is 22.4 Å². The number of para-hydroxylation sites is 1. The Hall–Kier alpha value is -2.81. The number of primary amides is 1. The van der Waals surface area contributed by atoms with Crippen molar-refractivity contribution in [1.29, 1.82) is 0 Å². The van der Waals surface area contributed by atoms with Gasteiger partial charge in [0.05, 0.1) is 10.8 Å². The van der Waals surface area contributed by atoms with Crippen molar-refractivity contribution < 1.29 is 14.0 Å². The van der Waals surface area contributed by atoms with Crippen molar-refractivity contribution in [3.8, 4) is 11.5 Å². The topological polar surface area (TPSA) is 127 Å². The zero-order chi connectivity index (χ0) is 18.0. The highest BCUT2D eigenvalue weighted by atomic mass is 32.2. The Morgan fingerprint density at radius 1 is 1.28 bits per heavy atom. The maximum absolute atomic E-state index is 12.1. The number of amides is 3. The normalized spacial score (nSPS) is 12.4. The molecule has 2 heterocycles. The first-order chi connectivity index (χ1) is 12.0. The van der Waals surface area contributed by atoms with Gasteiger partial charge in [-0.3, -0.25) is 10.1 Å². The van der Waals surface area contributed by atoms with Crippen LogP contribution >= 0.6 is 11.8 Å². The lowest BCUT2D eigenvalue weighted by molar-refractivity contribution is -0.120. The van der Waals surface area contributed by atoms with Gasteiger partial charge < -0.3 is 15.1 Å². The van der Waals surface area contributed by atoms with Crippen molar-refractivity contribution in [3.63, 3.8) is 0 Å². The van der Waals surface area contributed by atoms with Crippen molar-refractivity contribution in [2.45, 2.75) is 24.3 Å². The molecule has 1 aromatic carbocycles. The van der Waals surface area contributed by atoms with Crippen LogP contribution in [0.3, 0.4) is 0 Å². The molecule has 0 bridgehead atoms. The van der Waals surface area contributed by atoms with Crippen molar-refractivity contribution in [1.82, 2.24) is 20.5 Å². The molecule has 0 aliphatic carbocycles. The van der Waals surface area contributed by atoms with E-state index in [0.717, 1.165) is 28.2 Å². The maximum atomic E-state index is 12.1. The van der Waals surface area contributed by atoms with Crippen molar-refractivity contribution in [2.24, 2.45) is 11.7 Å². The van der Waals surface area contributed by atoms with E-state index in [0.29, 0.717) is 5.89 Å². The lowest BCUT2D eigenvalue weighted by Crippen LogP contribution is -2.42. The number of nitrogens with two attached hydrogens (primary N) is 1. The molecular weight excluding hydrogens is 342 g/mol. The molecule has 0 fully saturated rings. The van der Waals surface area contributed by atoms with Gasteiger partial charge in [0.25, 0.3) is 11.1 Å². The smallest absolute Gasteiger partial charge is 0.318 e. The first-order valence-corrected chi connectivity index (χ1v) is 8.50. The number of hydrogen-bond acceptors (Lipinski definition) is 6. The highest BCUT2D eigenvalue weighted by molar-refractivity contribution is 8.00. The van der Waals surface area contributed by atoms with Gasteiger partial charge in [-0.1, -0.05) is 43.8 Å².